The molecule has 1 aromatic heterocycles. The number of H-pyrrole nitrogens is 1. The Morgan fingerprint density at radius 2 is 2.10 bits per heavy atom. The van der Waals surface area contributed by atoms with Gasteiger partial charge in [0.05, 0.1) is 10.6 Å². The molecule has 0 aliphatic heterocycles. The summed E-state index contributed by atoms with van der Waals surface area (Å²) in [7, 11) is 3.22. The van der Waals surface area contributed by atoms with E-state index in [0.717, 1.165) is 0 Å². The van der Waals surface area contributed by atoms with Crippen LogP contribution in [0.15, 0.2) is 18.2 Å². The normalized spacial score (nSPS) is 10.2. The van der Waals surface area contributed by atoms with Gasteiger partial charge in [-0.3, -0.25) is 14.7 Å². The Balaban J connectivity index is 2.23. The highest BCUT2D eigenvalue weighted by Gasteiger charge is 2.15. The summed E-state index contributed by atoms with van der Waals surface area (Å²) >= 11 is 5.99. The average molecular weight is 309 g/mol. The topological polar surface area (TPSA) is 117 Å². The smallest absolute Gasteiger partial charge is 0.293 e. The fourth-order valence-electron chi connectivity index (χ4n) is 1.57. The zero-order valence-corrected chi connectivity index (χ0v) is 12.1. The molecule has 0 aliphatic rings. The van der Waals surface area contributed by atoms with E-state index in [1.807, 2.05) is 0 Å². The molecule has 0 unspecified atom stereocenters. The molecule has 2 amide bonds. The maximum Gasteiger partial charge on any atom is 0.293 e. The monoisotopic (exact) mass is 308 g/mol. The third-order valence-corrected chi connectivity index (χ3v) is 2.91. The second-order valence-corrected chi connectivity index (χ2v) is 4.80. The summed E-state index contributed by atoms with van der Waals surface area (Å²) in [5.74, 6) is -0.840. The average Bonchev–Trinajstić information content (AvgIpc) is 2.86. The number of aromatic amines is 1. The third-order valence-electron chi connectivity index (χ3n) is 2.58. The van der Waals surface area contributed by atoms with Crippen LogP contribution in [0.4, 0.5) is 11.6 Å². The first kappa shape index (κ1) is 14.8. The molecule has 21 heavy (non-hydrogen) atoms. The molecule has 0 saturated carbocycles. The Kier molecular flexibility index (Phi) is 4.08. The maximum atomic E-state index is 12.0. The van der Waals surface area contributed by atoms with Gasteiger partial charge in [0.2, 0.25) is 11.8 Å². The third kappa shape index (κ3) is 3.29. The highest BCUT2D eigenvalue weighted by molar-refractivity contribution is 6.34. The number of benzene rings is 1. The van der Waals surface area contributed by atoms with Gasteiger partial charge in [-0.1, -0.05) is 11.6 Å². The van der Waals surface area contributed by atoms with Crippen LogP contribution in [0.5, 0.6) is 0 Å². The minimum atomic E-state index is -0.523. The summed E-state index contributed by atoms with van der Waals surface area (Å²) in [5, 5.41) is 8.83. The van der Waals surface area contributed by atoms with Crippen molar-refractivity contribution in [3.63, 3.8) is 0 Å². The van der Waals surface area contributed by atoms with Crippen LogP contribution in [0.25, 0.3) is 0 Å². The summed E-state index contributed by atoms with van der Waals surface area (Å²) in [6, 6.07) is 4.59. The molecule has 110 valence electrons. The number of hydrogen-bond acceptors (Lipinski definition) is 5. The van der Waals surface area contributed by atoms with E-state index in [1.54, 1.807) is 20.2 Å². The number of rotatable bonds is 3. The Hall–Kier alpha value is -2.61. The summed E-state index contributed by atoms with van der Waals surface area (Å²) in [6.45, 7) is 0. The lowest BCUT2D eigenvalue weighted by atomic mass is 10.1. The van der Waals surface area contributed by atoms with Crippen LogP contribution >= 0.6 is 11.6 Å². The number of nitrogens with two attached hydrogens (primary N) is 1. The van der Waals surface area contributed by atoms with Gasteiger partial charge in [0.1, 0.15) is 0 Å². The lowest BCUT2D eigenvalue weighted by Gasteiger charge is -2.13. The lowest BCUT2D eigenvalue weighted by Crippen LogP contribution is -2.22. The van der Waals surface area contributed by atoms with Crippen LogP contribution in [0, 0.1) is 0 Å². The SMILES string of the molecule is CN(C)C(=O)c1cc(NC(=O)c2nc(N)n[nH]2)ccc1Cl. The predicted octanol–water partition coefficient (Wildman–Crippen LogP) is 0.994. The van der Waals surface area contributed by atoms with Crippen molar-refractivity contribution in [2.45, 2.75) is 0 Å². The van der Waals surface area contributed by atoms with Gasteiger partial charge in [-0.05, 0) is 18.2 Å². The Labute approximate surface area is 125 Å². The second kappa shape index (κ2) is 5.80. The highest BCUT2D eigenvalue weighted by atomic mass is 35.5. The summed E-state index contributed by atoms with van der Waals surface area (Å²) in [5.41, 5.74) is 6.02. The largest absolute Gasteiger partial charge is 0.366 e. The molecule has 9 heteroatoms. The zero-order valence-electron chi connectivity index (χ0n) is 11.3. The molecule has 1 aromatic carbocycles. The quantitative estimate of drug-likeness (QED) is 0.781. The van der Waals surface area contributed by atoms with Gasteiger partial charge in [-0.25, -0.2) is 0 Å². The second-order valence-electron chi connectivity index (χ2n) is 4.39. The first-order valence-corrected chi connectivity index (χ1v) is 6.26. The zero-order chi connectivity index (χ0) is 15.6. The summed E-state index contributed by atoms with van der Waals surface area (Å²) in [6.07, 6.45) is 0. The van der Waals surface area contributed by atoms with Crippen LogP contribution in [0.1, 0.15) is 21.0 Å². The molecule has 0 aliphatic carbocycles. The Morgan fingerprint density at radius 1 is 1.38 bits per heavy atom. The van der Waals surface area contributed by atoms with E-state index in [9.17, 15) is 9.59 Å². The molecule has 1 heterocycles. The van der Waals surface area contributed by atoms with E-state index in [4.69, 9.17) is 17.3 Å². The van der Waals surface area contributed by atoms with Gasteiger partial charge in [0.25, 0.3) is 11.8 Å². The molecular formula is C12H13ClN6O2. The van der Waals surface area contributed by atoms with Crippen molar-refractivity contribution in [2.75, 3.05) is 25.1 Å². The number of amides is 2. The molecule has 0 saturated heterocycles. The van der Waals surface area contributed by atoms with Gasteiger partial charge in [-0.2, -0.15) is 4.98 Å². The number of nitrogens with one attached hydrogen (secondary N) is 2. The number of aromatic nitrogens is 3. The van der Waals surface area contributed by atoms with Gasteiger partial charge >= 0.3 is 0 Å². The highest BCUT2D eigenvalue weighted by Crippen LogP contribution is 2.22. The van der Waals surface area contributed by atoms with Crippen molar-refractivity contribution in [2.24, 2.45) is 0 Å². The van der Waals surface area contributed by atoms with Gasteiger partial charge in [0.15, 0.2) is 0 Å². The number of carbonyl (C=O) groups excluding carboxylic acids is 2. The maximum absolute atomic E-state index is 12.0. The van der Waals surface area contributed by atoms with Crippen LogP contribution in [-0.2, 0) is 0 Å². The van der Waals surface area contributed by atoms with Crippen molar-refractivity contribution >= 4 is 35.1 Å². The van der Waals surface area contributed by atoms with Crippen LogP contribution in [0.2, 0.25) is 5.02 Å². The number of nitrogen functional groups attached to an aromatic ring is 1. The van der Waals surface area contributed by atoms with E-state index >= 15 is 0 Å². The molecule has 8 nitrogen and oxygen atoms in total. The first-order chi connectivity index (χ1) is 9.88. The Morgan fingerprint density at radius 3 is 2.67 bits per heavy atom. The van der Waals surface area contributed by atoms with Crippen molar-refractivity contribution in [3.8, 4) is 0 Å². The molecule has 4 N–H and O–H groups in total. The van der Waals surface area contributed by atoms with E-state index < -0.39 is 5.91 Å². The van der Waals surface area contributed by atoms with E-state index in [-0.39, 0.29) is 23.2 Å². The minimum Gasteiger partial charge on any atom is -0.366 e. The number of nitrogens with zero attached hydrogens (tertiary/aromatic N) is 3. The Bertz CT molecular complexity index is 697. The fourth-order valence-corrected chi connectivity index (χ4v) is 1.77. The standard InChI is InChI=1S/C12H13ClN6O2/c1-19(2)11(21)7-5-6(3-4-8(7)13)15-10(20)9-16-12(14)18-17-9/h3-5H,1-2H3,(H,15,20)(H3,14,16,17,18). The van der Waals surface area contributed by atoms with Gasteiger partial charge in [-0.15, -0.1) is 5.10 Å². The number of anilines is 2. The molecule has 0 spiro atoms. The van der Waals surface area contributed by atoms with E-state index in [1.165, 1.54) is 17.0 Å². The summed E-state index contributed by atoms with van der Waals surface area (Å²) in [4.78, 5) is 29.0. The van der Waals surface area contributed by atoms with Crippen molar-refractivity contribution < 1.29 is 9.59 Å². The van der Waals surface area contributed by atoms with Crippen LogP contribution in [0.3, 0.4) is 0 Å². The molecule has 2 rings (SSSR count). The van der Waals surface area contributed by atoms with Gasteiger partial charge in [0, 0.05) is 19.8 Å². The van der Waals surface area contributed by atoms with Gasteiger partial charge < -0.3 is 16.0 Å². The lowest BCUT2D eigenvalue weighted by molar-refractivity contribution is 0.0827. The molecular weight excluding hydrogens is 296 g/mol. The molecule has 0 radical (unpaired) electrons. The minimum absolute atomic E-state index is 0.0251. The number of carbonyl (C=O) groups is 2. The summed E-state index contributed by atoms with van der Waals surface area (Å²) < 4.78 is 0. The van der Waals surface area contributed by atoms with E-state index in [0.29, 0.717) is 10.7 Å². The molecule has 0 bridgehead atoms. The van der Waals surface area contributed by atoms with Crippen molar-refractivity contribution in [3.05, 3.63) is 34.6 Å². The first-order valence-electron chi connectivity index (χ1n) is 5.89. The van der Waals surface area contributed by atoms with Crippen molar-refractivity contribution in [1.82, 2.24) is 20.1 Å². The van der Waals surface area contributed by atoms with Crippen LogP contribution in [-0.4, -0.2) is 46.0 Å². The fraction of sp³-hybridized carbons (Fsp3) is 0.167. The number of halogens is 1. The van der Waals surface area contributed by atoms with E-state index in [2.05, 4.69) is 20.5 Å². The van der Waals surface area contributed by atoms with Crippen molar-refractivity contribution in [1.29, 1.82) is 0 Å². The predicted molar refractivity (Wildman–Crippen MR) is 78.2 cm³/mol. The number of hydrogen-bond donors (Lipinski definition) is 3. The molecule has 2 aromatic rings. The molecule has 0 fully saturated rings. The molecule has 0 atom stereocenters. The van der Waals surface area contributed by atoms with Crippen LogP contribution < -0.4 is 11.1 Å².